The van der Waals surface area contributed by atoms with Gasteiger partial charge >= 0.3 is 11.9 Å². The second-order valence-electron chi connectivity index (χ2n) is 4.08. The number of carbonyl (C=O) groups is 2. The molecule has 0 aliphatic heterocycles. The van der Waals surface area contributed by atoms with Crippen LogP contribution in [0, 0.1) is 0 Å². The van der Waals surface area contributed by atoms with Gasteiger partial charge in [-0.1, -0.05) is 23.2 Å². The van der Waals surface area contributed by atoms with Crippen LogP contribution in [-0.4, -0.2) is 31.7 Å². The highest BCUT2D eigenvalue weighted by molar-refractivity contribution is 6.42. The van der Waals surface area contributed by atoms with Gasteiger partial charge in [0.1, 0.15) is 0 Å². The average molecular weight is 358 g/mol. The first-order valence-electron chi connectivity index (χ1n) is 6.15. The summed E-state index contributed by atoms with van der Waals surface area (Å²) in [6.45, 7) is 0.425. The van der Waals surface area contributed by atoms with Gasteiger partial charge in [-0.05, 0) is 18.2 Å². The number of aromatic nitrogens is 2. The van der Waals surface area contributed by atoms with Crippen molar-refractivity contribution in [1.29, 1.82) is 0 Å². The summed E-state index contributed by atoms with van der Waals surface area (Å²) in [6, 6.07) is 5.41. The van der Waals surface area contributed by atoms with Crippen LogP contribution in [0.2, 0.25) is 10.0 Å². The second kappa shape index (κ2) is 8.94. The van der Waals surface area contributed by atoms with Crippen LogP contribution in [0.5, 0.6) is 0 Å². The fourth-order valence-corrected chi connectivity index (χ4v) is 1.69. The zero-order chi connectivity index (χ0) is 17.4. The molecule has 0 spiro atoms. The smallest absolute Gasteiger partial charge is 0.328 e. The van der Waals surface area contributed by atoms with Crippen LogP contribution in [0.4, 0.5) is 0 Å². The largest absolute Gasteiger partial charge is 0.478 e. The summed E-state index contributed by atoms with van der Waals surface area (Å²) in [5, 5.41) is 16.7. The lowest BCUT2D eigenvalue weighted by molar-refractivity contribution is -0.134. The molecule has 4 N–H and O–H groups in total. The van der Waals surface area contributed by atoms with Crippen LogP contribution >= 0.6 is 23.2 Å². The van der Waals surface area contributed by atoms with Crippen molar-refractivity contribution in [2.24, 2.45) is 5.73 Å². The minimum absolute atomic E-state index is 0.425. The maximum Gasteiger partial charge on any atom is 0.328 e. The van der Waals surface area contributed by atoms with Crippen LogP contribution in [0.25, 0.3) is 5.69 Å². The summed E-state index contributed by atoms with van der Waals surface area (Å²) in [5.74, 6) is -2.51. The van der Waals surface area contributed by atoms with E-state index in [9.17, 15) is 9.59 Å². The summed E-state index contributed by atoms with van der Waals surface area (Å²) in [6.07, 6.45) is 4.67. The summed E-state index contributed by atoms with van der Waals surface area (Å²) >= 11 is 11.7. The van der Waals surface area contributed by atoms with Crippen LogP contribution in [0.15, 0.2) is 42.9 Å². The number of rotatable bonds is 4. The van der Waals surface area contributed by atoms with E-state index < -0.39 is 11.9 Å². The third-order valence-electron chi connectivity index (χ3n) is 2.42. The quantitative estimate of drug-likeness (QED) is 0.722. The molecule has 7 nitrogen and oxygen atoms in total. The molecule has 2 aromatic rings. The maximum absolute atomic E-state index is 9.55. The Kier molecular flexibility index (Phi) is 7.27. The Hall–Kier alpha value is -2.35. The molecule has 9 heteroatoms. The second-order valence-corrected chi connectivity index (χ2v) is 4.90. The molecule has 0 atom stereocenters. The Balaban J connectivity index is 0.000000284. The van der Waals surface area contributed by atoms with Crippen molar-refractivity contribution in [3.63, 3.8) is 0 Å². The number of benzene rings is 1. The molecule has 0 aliphatic rings. The van der Waals surface area contributed by atoms with E-state index in [-0.39, 0.29) is 0 Å². The summed E-state index contributed by atoms with van der Waals surface area (Å²) in [5.41, 5.74) is 7.22. The fourth-order valence-electron chi connectivity index (χ4n) is 1.40. The summed E-state index contributed by atoms with van der Waals surface area (Å²) in [4.78, 5) is 23.2. The fraction of sp³-hybridized carbons (Fsp3) is 0.0714. The van der Waals surface area contributed by atoms with E-state index >= 15 is 0 Å². The van der Waals surface area contributed by atoms with Gasteiger partial charge in [0.15, 0.2) is 0 Å². The predicted octanol–water partition coefficient (Wildman–Crippen LogP) is 2.35. The normalized spacial score (nSPS) is 10.2. The number of nitrogens with two attached hydrogens (primary N) is 1. The van der Waals surface area contributed by atoms with Crippen LogP contribution in [0.1, 0.15) is 5.69 Å². The summed E-state index contributed by atoms with van der Waals surface area (Å²) in [7, 11) is 0. The molecule has 0 fully saturated rings. The molecular weight excluding hydrogens is 345 g/mol. The average Bonchev–Trinajstić information content (AvgIpc) is 2.97. The van der Waals surface area contributed by atoms with Crippen molar-refractivity contribution in [3.05, 3.63) is 58.6 Å². The first-order chi connectivity index (χ1) is 10.8. The van der Waals surface area contributed by atoms with Crippen LogP contribution in [-0.2, 0) is 16.1 Å². The Morgan fingerprint density at radius 1 is 1.17 bits per heavy atom. The van der Waals surface area contributed by atoms with Gasteiger partial charge in [0, 0.05) is 30.6 Å². The number of carboxylic acids is 2. The van der Waals surface area contributed by atoms with E-state index in [1.165, 1.54) is 0 Å². The molecule has 0 saturated heterocycles. The molecule has 1 aromatic heterocycles. The first-order valence-corrected chi connectivity index (χ1v) is 6.91. The number of nitrogens with zero attached hydrogens (tertiary/aromatic N) is 2. The Morgan fingerprint density at radius 2 is 1.78 bits per heavy atom. The first kappa shape index (κ1) is 18.7. The van der Waals surface area contributed by atoms with Gasteiger partial charge < -0.3 is 20.5 Å². The summed E-state index contributed by atoms with van der Waals surface area (Å²) < 4.78 is 1.85. The molecule has 0 radical (unpaired) electrons. The molecule has 0 aliphatic carbocycles. The van der Waals surface area contributed by atoms with Gasteiger partial charge in [-0.25, -0.2) is 14.6 Å². The molecule has 0 unspecified atom stereocenters. The van der Waals surface area contributed by atoms with Crippen molar-refractivity contribution < 1.29 is 19.8 Å². The lowest BCUT2D eigenvalue weighted by Gasteiger charge is -2.03. The van der Waals surface area contributed by atoms with E-state index in [4.69, 9.17) is 39.1 Å². The minimum Gasteiger partial charge on any atom is -0.478 e. The van der Waals surface area contributed by atoms with Gasteiger partial charge in [0.2, 0.25) is 0 Å². The molecule has 23 heavy (non-hydrogen) atoms. The third kappa shape index (κ3) is 6.52. The van der Waals surface area contributed by atoms with Gasteiger partial charge in [0.25, 0.3) is 0 Å². The Bertz CT molecular complexity index is 713. The zero-order valence-corrected chi connectivity index (χ0v) is 13.2. The SMILES string of the molecule is NCc1cn(-c2ccc(Cl)c(Cl)c2)cn1.O=C(O)/C=C/C(=O)O. The van der Waals surface area contributed by atoms with Gasteiger partial charge in [-0.3, -0.25) is 0 Å². The van der Waals surface area contributed by atoms with E-state index in [1.54, 1.807) is 18.5 Å². The molecule has 1 heterocycles. The van der Waals surface area contributed by atoms with E-state index in [0.717, 1.165) is 11.4 Å². The van der Waals surface area contributed by atoms with Crippen molar-refractivity contribution in [2.75, 3.05) is 0 Å². The molecule has 2 rings (SSSR count). The molecule has 1 aromatic carbocycles. The topological polar surface area (TPSA) is 118 Å². The van der Waals surface area contributed by atoms with Crippen LogP contribution < -0.4 is 5.73 Å². The zero-order valence-electron chi connectivity index (χ0n) is 11.7. The van der Waals surface area contributed by atoms with Crippen molar-refractivity contribution in [2.45, 2.75) is 6.54 Å². The number of hydrogen-bond donors (Lipinski definition) is 3. The highest BCUT2D eigenvalue weighted by Gasteiger charge is 2.02. The number of hydrogen-bond acceptors (Lipinski definition) is 4. The number of imidazole rings is 1. The number of carboxylic acid groups (broad SMARTS) is 2. The molecular formula is C14H13Cl2N3O4. The molecule has 0 bridgehead atoms. The number of halogens is 2. The Morgan fingerprint density at radius 3 is 2.22 bits per heavy atom. The van der Waals surface area contributed by atoms with Crippen molar-refractivity contribution >= 4 is 35.1 Å². The van der Waals surface area contributed by atoms with E-state index in [0.29, 0.717) is 28.7 Å². The molecule has 122 valence electrons. The highest BCUT2D eigenvalue weighted by Crippen LogP contribution is 2.24. The van der Waals surface area contributed by atoms with Crippen molar-refractivity contribution in [1.82, 2.24) is 9.55 Å². The van der Waals surface area contributed by atoms with Gasteiger partial charge in [0.05, 0.1) is 22.1 Å². The lowest BCUT2D eigenvalue weighted by Crippen LogP contribution is -1.95. The van der Waals surface area contributed by atoms with Crippen molar-refractivity contribution in [3.8, 4) is 5.69 Å². The van der Waals surface area contributed by atoms with Gasteiger partial charge in [-0.2, -0.15) is 0 Å². The lowest BCUT2D eigenvalue weighted by atomic mass is 10.3. The monoisotopic (exact) mass is 357 g/mol. The molecule has 0 amide bonds. The predicted molar refractivity (Wildman–Crippen MR) is 85.9 cm³/mol. The standard InChI is InChI=1S/C10H9Cl2N3.C4H4O4/c11-9-2-1-8(3-10(9)12)15-5-7(4-13)14-6-15;5-3(6)1-2-4(7)8/h1-3,5-6H,4,13H2;1-2H,(H,5,6)(H,7,8)/b;2-1+. The van der Waals surface area contributed by atoms with Crippen LogP contribution in [0.3, 0.4) is 0 Å². The van der Waals surface area contributed by atoms with E-state index in [1.807, 2.05) is 16.8 Å². The van der Waals surface area contributed by atoms with Gasteiger partial charge in [-0.15, -0.1) is 0 Å². The maximum atomic E-state index is 9.55. The molecule has 0 saturated carbocycles. The van der Waals surface area contributed by atoms with E-state index in [2.05, 4.69) is 4.98 Å². The Labute approximate surface area is 141 Å². The number of aliphatic carboxylic acids is 2. The highest BCUT2D eigenvalue weighted by atomic mass is 35.5. The third-order valence-corrected chi connectivity index (χ3v) is 3.15. The minimum atomic E-state index is -1.26.